The van der Waals surface area contributed by atoms with Crippen LogP contribution in [-0.2, 0) is 33.6 Å². The third kappa shape index (κ3) is 13.3. The highest BCUT2D eigenvalue weighted by atomic mass is 16.4. The van der Waals surface area contributed by atoms with Crippen LogP contribution in [0.25, 0.3) is 0 Å². The van der Waals surface area contributed by atoms with Crippen LogP contribution in [0.4, 0.5) is 0 Å². The minimum Gasteiger partial charge on any atom is -0.481 e. The van der Waals surface area contributed by atoms with Crippen molar-refractivity contribution in [3.8, 4) is 0 Å². The minimum atomic E-state index is -1.54. The number of nitrogens with two attached hydrogens (primary N) is 2. The normalized spacial score (nSPS) is 12.9. The highest BCUT2D eigenvalue weighted by Crippen LogP contribution is 1.99. The van der Waals surface area contributed by atoms with Gasteiger partial charge in [0.2, 0.25) is 35.8 Å². The fourth-order valence-corrected chi connectivity index (χ4v) is 2.87. The molecule has 15 nitrogen and oxygen atoms in total. The number of carboxylic acid groups (broad SMARTS) is 1. The van der Waals surface area contributed by atoms with Crippen LogP contribution in [0.2, 0.25) is 0 Å². The summed E-state index contributed by atoms with van der Waals surface area (Å²) in [6.45, 7) is 0.450. The zero-order chi connectivity index (χ0) is 27.8. The van der Waals surface area contributed by atoms with Gasteiger partial charge in [0.05, 0.1) is 38.1 Å². The van der Waals surface area contributed by atoms with Crippen LogP contribution in [0.15, 0.2) is 0 Å². The maximum absolute atomic E-state index is 12.4. The molecule has 0 saturated heterocycles. The van der Waals surface area contributed by atoms with Crippen molar-refractivity contribution in [2.75, 3.05) is 40.3 Å². The van der Waals surface area contributed by atoms with E-state index in [1.54, 1.807) is 6.29 Å². The number of aliphatic carboxylic acids is 1. The van der Waals surface area contributed by atoms with E-state index in [0.29, 0.717) is 25.8 Å². The first-order chi connectivity index (χ1) is 16.8. The summed E-state index contributed by atoms with van der Waals surface area (Å²) in [6.07, 6.45) is 2.45. The van der Waals surface area contributed by atoms with Gasteiger partial charge in [0.1, 0.15) is 6.04 Å². The number of amides is 5. The van der Waals surface area contributed by atoms with Gasteiger partial charge in [0.15, 0.2) is 0 Å². The molecule has 0 spiro atoms. The quantitative estimate of drug-likeness (QED) is 0.103. The number of hydrogen-bond donors (Lipinski definition) is 6. The van der Waals surface area contributed by atoms with E-state index in [1.807, 2.05) is 0 Å². The molecule has 1 radical (unpaired) electrons. The Bertz CT molecular complexity index is 805. The van der Waals surface area contributed by atoms with E-state index in [-0.39, 0.29) is 6.54 Å². The smallest absolute Gasteiger partial charge is 0.305 e. The fraction of sp³-hybridized carbons (Fsp3) is 0.667. The Kier molecular flexibility index (Phi) is 15.2. The Balaban J connectivity index is 4.86. The van der Waals surface area contributed by atoms with E-state index in [2.05, 4.69) is 16.0 Å². The molecular weight excluding hydrogens is 478 g/mol. The zero-order valence-corrected chi connectivity index (χ0v) is 20.7. The van der Waals surface area contributed by atoms with Crippen molar-refractivity contribution >= 4 is 41.8 Å². The maximum atomic E-state index is 12.4. The topological polar surface area (TPSA) is 234 Å². The van der Waals surface area contributed by atoms with E-state index in [4.69, 9.17) is 16.6 Å². The van der Waals surface area contributed by atoms with Crippen molar-refractivity contribution in [3.63, 3.8) is 0 Å². The molecule has 0 aromatic carbocycles. The molecule has 0 unspecified atom stereocenters. The molecule has 0 bridgehead atoms. The number of unbranched alkanes of at least 4 members (excludes halogenated alkanes) is 1. The molecule has 0 fully saturated rings. The number of nitrogens with one attached hydrogen (secondary N) is 3. The predicted octanol–water partition coefficient (Wildman–Crippen LogP) is -3.95. The van der Waals surface area contributed by atoms with Gasteiger partial charge in [0, 0.05) is 14.1 Å². The van der Waals surface area contributed by atoms with Gasteiger partial charge in [-0.05, 0) is 32.7 Å². The summed E-state index contributed by atoms with van der Waals surface area (Å²) in [5, 5.41) is 15.8. The molecule has 0 aromatic rings. The van der Waals surface area contributed by atoms with Crippen LogP contribution in [-0.4, -0.2) is 115 Å². The van der Waals surface area contributed by atoms with E-state index < -0.39 is 73.1 Å². The summed E-state index contributed by atoms with van der Waals surface area (Å²) < 4.78 is 0. The Labute approximate surface area is 209 Å². The number of likely N-dealkylation sites (N-methyl/N-ethyl adjacent to an activating group) is 2. The lowest BCUT2D eigenvalue weighted by Crippen LogP contribution is -2.53. The lowest BCUT2D eigenvalue weighted by Gasteiger charge is -2.24. The fourth-order valence-electron chi connectivity index (χ4n) is 2.87. The van der Waals surface area contributed by atoms with Gasteiger partial charge in [-0.3, -0.25) is 33.6 Å². The molecule has 8 N–H and O–H groups in total. The third-order valence-electron chi connectivity index (χ3n) is 4.82. The summed E-state index contributed by atoms with van der Waals surface area (Å²) in [4.78, 5) is 84.9. The Hall–Kier alpha value is -3.59. The van der Waals surface area contributed by atoms with Crippen molar-refractivity contribution in [2.24, 2.45) is 11.5 Å². The van der Waals surface area contributed by atoms with Crippen molar-refractivity contribution in [1.82, 2.24) is 25.8 Å². The van der Waals surface area contributed by atoms with Crippen LogP contribution in [0.5, 0.6) is 0 Å². The lowest BCUT2D eigenvalue weighted by molar-refractivity contribution is -0.142. The largest absolute Gasteiger partial charge is 0.481 e. The lowest BCUT2D eigenvalue weighted by atomic mass is 10.1. The Morgan fingerprint density at radius 1 is 0.972 bits per heavy atom. The molecule has 0 aliphatic heterocycles. The Morgan fingerprint density at radius 3 is 2.14 bits per heavy atom. The molecule has 0 saturated carbocycles. The third-order valence-corrected chi connectivity index (χ3v) is 4.82. The van der Waals surface area contributed by atoms with E-state index in [9.17, 15) is 33.6 Å². The second-order valence-electron chi connectivity index (χ2n) is 8.19. The Morgan fingerprint density at radius 2 is 1.61 bits per heavy atom. The van der Waals surface area contributed by atoms with Gasteiger partial charge in [-0.25, -0.2) is 0 Å². The van der Waals surface area contributed by atoms with Crippen LogP contribution in [0, 0.1) is 0 Å². The van der Waals surface area contributed by atoms with Crippen LogP contribution >= 0.6 is 0 Å². The van der Waals surface area contributed by atoms with Crippen molar-refractivity contribution in [1.29, 1.82) is 0 Å². The second-order valence-corrected chi connectivity index (χ2v) is 8.19. The molecule has 0 heterocycles. The molecule has 0 rings (SSSR count). The van der Waals surface area contributed by atoms with Crippen LogP contribution < -0.4 is 27.4 Å². The number of carbonyl (C=O) groups excluding carboxylic acids is 6. The number of hydrogen-bond acceptors (Lipinski definition) is 9. The van der Waals surface area contributed by atoms with Crippen LogP contribution in [0.3, 0.4) is 0 Å². The van der Waals surface area contributed by atoms with Gasteiger partial charge in [-0.1, -0.05) is 0 Å². The number of nitrogens with zero attached hydrogens (tertiary/aromatic N) is 2. The van der Waals surface area contributed by atoms with Crippen molar-refractivity contribution in [3.05, 3.63) is 0 Å². The zero-order valence-electron chi connectivity index (χ0n) is 20.7. The van der Waals surface area contributed by atoms with E-state index >= 15 is 0 Å². The maximum Gasteiger partial charge on any atom is 0.305 e. The van der Waals surface area contributed by atoms with E-state index in [0.717, 1.165) is 9.80 Å². The highest BCUT2D eigenvalue weighted by molar-refractivity contribution is 5.94. The summed E-state index contributed by atoms with van der Waals surface area (Å²) in [6, 6.07) is -3.23. The molecular formula is C21H36N7O8. The molecule has 203 valence electrons. The summed E-state index contributed by atoms with van der Waals surface area (Å²) in [5.41, 5.74) is 10.9. The number of rotatable bonds is 17. The van der Waals surface area contributed by atoms with E-state index in [1.165, 1.54) is 21.0 Å². The SMILES string of the molecule is C[C@H](N)C(=O)N(C)CC(=O)N(C)CC(=O)N[C@@H](CC(=O)O)C(=O)NCC(=O)N[C@H]([C]=O)CCCCN. The molecule has 3 atom stereocenters. The average Bonchev–Trinajstić information content (AvgIpc) is 2.80. The number of carbonyl (C=O) groups is 6. The van der Waals surface area contributed by atoms with Crippen molar-refractivity contribution in [2.45, 2.75) is 50.7 Å². The highest BCUT2D eigenvalue weighted by Gasteiger charge is 2.26. The molecule has 0 aromatic heterocycles. The van der Waals surface area contributed by atoms with Gasteiger partial charge < -0.3 is 42.3 Å². The first kappa shape index (κ1) is 32.4. The van der Waals surface area contributed by atoms with Gasteiger partial charge >= 0.3 is 5.97 Å². The molecule has 5 amide bonds. The van der Waals surface area contributed by atoms with Gasteiger partial charge in [-0.2, -0.15) is 0 Å². The minimum absolute atomic E-state index is 0.319. The standard InChI is InChI=1S/C21H36N7O8/c1-13(23)21(36)28(3)11-18(32)27(2)10-17(31)26-15(8-19(33)34)20(35)24-9-16(30)25-14(12-29)6-4-5-7-22/h13-15H,4-11,22-23H2,1-3H3,(H,24,35)(H,25,30)(H,26,31)(H,33,34)/t13-,14-,15-/m0/s1. The molecule has 0 aliphatic carbocycles. The van der Waals surface area contributed by atoms with Crippen molar-refractivity contribution < 1.29 is 38.7 Å². The molecule has 15 heteroatoms. The first-order valence-corrected chi connectivity index (χ1v) is 11.2. The first-order valence-electron chi connectivity index (χ1n) is 11.2. The molecule has 0 aliphatic rings. The van der Waals surface area contributed by atoms with Crippen LogP contribution in [0.1, 0.15) is 32.6 Å². The molecule has 36 heavy (non-hydrogen) atoms. The van der Waals surface area contributed by atoms with Gasteiger partial charge in [0.25, 0.3) is 0 Å². The monoisotopic (exact) mass is 514 g/mol. The predicted molar refractivity (Wildman–Crippen MR) is 127 cm³/mol. The van der Waals surface area contributed by atoms with Gasteiger partial charge in [-0.15, -0.1) is 0 Å². The number of carboxylic acids is 1. The second kappa shape index (κ2) is 16.9. The average molecular weight is 515 g/mol. The summed E-state index contributed by atoms with van der Waals surface area (Å²) in [5.74, 6) is -4.96. The summed E-state index contributed by atoms with van der Waals surface area (Å²) in [7, 11) is 2.66. The summed E-state index contributed by atoms with van der Waals surface area (Å²) >= 11 is 0.